The molecule has 1 rings (SSSR count). The summed E-state index contributed by atoms with van der Waals surface area (Å²) in [5.74, 6) is 0.813. The molecule has 1 unspecified atom stereocenters. The van der Waals surface area contributed by atoms with E-state index in [1.165, 1.54) is 0 Å². The van der Waals surface area contributed by atoms with Crippen LogP contribution in [0.15, 0.2) is 29.2 Å². The molecule has 1 atom stereocenters. The highest BCUT2D eigenvalue weighted by Crippen LogP contribution is 2.21. The van der Waals surface area contributed by atoms with Gasteiger partial charge in [0.2, 0.25) is 0 Å². The Morgan fingerprint density at radius 1 is 1.14 bits per heavy atom. The second-order valence-electron chi connectivity index (χ2n) is 6.01. The average molecular weight is 311 g/mol. The van der Waals surface area contributed by atoms with Gasteiger partial charge in [-0.05, 0) is 43.4 Å². The van der Waals surface area contributed by atoms with Crippen molar-refractivity contribution in [2.45, 2.75) is 57.9 Å². The number of sulfone groups is 1. The molecular weight excluding hydrogens is 282 g/mol. The number of rotatable bonds is 9. The minimum Gasteiger partial charge on any atom is -0.314 e. The first kappa shape index (κ1) is 18.2. The van der Waals surface area contributed by atoms with E-state index in [0.29, 0.717) is 23.3 Å². The Hall–Kier alpha value is -0.870. The number of hydrogen-bond acceptors (Lipinski definition) is 3. The predicted octanol–water partition coefficient (Wildman–Crippen LogP) is 3.44. The third-order valence-electron chi connectivity index (χ3n) is 3.50. The van der Waals surface area contributed by atoms with Crippen molar-refractivity contribution in [1.29, 1.82) is 0 Å². The lowest BCUT2D eigenvalue weighted by Crippen LogP contribution is -2.32. The highest BCUT2D eigenvalue weighted by atomic mass is 32.2. The molecule has 0 saturated heterocycles. The molecule has 1 N–H and O–H groups in total. The lowest BCUT2D eigenvalue weighted by molar-refractivity contribution is 0.422. The van der Waals surface area contributed by atoms with Gasteiger partial charge in [0.1, 0.15) is 0 Å². The molecule has 0 spiro atoms. The molecule has 21 heavy (non-hydrogen) atoms. The van der Waals surface area contributed by atoms with Gasteiger partial charge in [0, 0.05) is 6.04 Å². The summed E-state index contributed by atoms with van der Waals surface area (Å²) in [5.41, 5.74) is 0.942. The monoisotopic (exact) mass is 311 g/mol. The maximum atomic E-state index is 12.4. The highest BCUT2D eigenvalue weighted by Gasteiger charge is 2.19. The number of benzene rings is 1. The maximum Gasteiger partial charge on any atom is 0.178 e. The van der Waals surface area contributed by atoms with Crippen molar-refractivity contribution in [2.75, 3.05) is 12.3 Å². The fraction of sp³-hybridized carbons (Fsp3) is 0.647. The molecule has 0 aliphatic rings. The minimum absolute atomic E-state index is 0.222. The molecule has 0 aliphatic carbocycles. The molecule has 120 valence electrons. The lowest BCUT2D eigenvalue weighted by Gasteiger charge is -2.21. The van der Waals surface area contributed by atoms with Gasteiger partial charge < -0.3 is 5.32 Å². The maximum absolute atomic E-state index is 12.4. The summed E-state index contributed by atoms with van der Waals surface area (Å²) in [4.78, 5) is 0.513. The first-order valence-corrected chi connectivity index (χ1v) is 9.60. The van der Waals surface area contributed by atoms with Crippen LogP contribution < -0.4 is 5.32 Å². The first-order valence-electron chi connectivity index (χ1n) is 7.94. The zero-order chi connectivity index (χ0) is 15.9. The number of hydrogen-bond donors (Lipinski definition) is 1. The van der Waals surface area contributed by atoms with E-state index in [4.69, 9.17) is 0 Å². The summed E-state index contributed by atoms with van der Waals surface area (Å²) in [6.07, 6.45) is 2.47. The van der Waals surface area contributed by atoms with Crippen LogP contribution in [-0.2, 0) is 16.3 Å². The minimum atomic E-state index is -3.16. The summed E-state index contributed by atoms with van der Waals surface area (Å²) in [5, 5.41) is 3.48. The summed E-state index contributed by atoms with van der Waals surface area (Å²) in [6, 6.07) is 7.77. The molecule has 0 bridgehead atoms. The van der Waals surface area contributed by atoms with Crippen molar-refractivity contribution in [3.63, 3.8) is 0 Å². The van der Waals surface area contributed by atoms with Gasteiger partial charge in [0.25, 0.3) is 0 Å². The van der Waals surface area contributed by atoms with Gasteiger partial charge >= 0.3 is 0 Å². The standard InChI is InChI=1S/C17H29NO2S/c1-5-11-21(19,20)17-10-8-7-9-15(17)13-16(18-6-2)12-14(3)4/h7-10,14,16,18H,5-6,11-13H2,1-4H3. The van der Waals surface area contributed by atoms with E-state index < -0.39 is 9.84 Å². The van der Waals surface area contributed by atoms with Crippen LogP contribution in [0.3, 0.4) is 0 Å². The molecule has 3 nitrogen and oxygen atoms in total. The van der Waals surface area contributed by atoms with Crippen molar-refractivity contribution < 1.29 is 8.42 Å². The normalized spacial score (nSPS) is 13.6. The molecule has 1 aromatic carbocycles. The predicted molar refractivity (Wildman–Crippen MR) is 89.4 cm³/mol. The SMILES string of the molecule is CCCS(=O)(=O)c1ccccc1CC(CC(C)C)NCC. The average Bonchev–Trinajstić information content (AvgIpc) is 2.38. The van der Waals surface area contributed by atoms with Crippen molar-refractivity contribution in [3.05, 3.63) is 29.8 Å². The summed E-state index contributed by atoms with van der Waals surface area (Å²) >= 11 is 0. The molecular formula is C17H29NO2S. The van der Waals surface area contributed by atoms with Gasteiger partial charge in [-0.3, -0.25) is 0 Å². The van der Waals surface area contributed by atoms with Gasteiger partial charge in [-0.1, -0.05) is 45.9 Å². The summed E-state index contributed by atoms with van der Waals surface area (Å²) in [6.45, 7) is 9.29. The zero-order valence-corrected chi connectivity index (χ0v) is 14.5. The highest BCUT2D eigenvalue weighted by molar-refractivity contribution is 7.91. The molecule has 0 aromatic heterocycles. The molecule has 0 radical (unpaired) electrons. The third-order valence-corrected chi connectivity index (χ3v) is 5.51. The van der Waals surface area contributed by atoms with E-state index in [-0.39, 0.29) is 5.75 Å². The van der Waals surface area contributed by atoms with E-state index in [0.717, 1.165) is 24.9 Å². The molecule has 0 amide bonds. The Balaban J connectivity index is 3.02. The number of likely N-dealkylation sites (N-methyl/N-ethyl adjacent to an activating group) is 1. The topological polar surface area (TPSA) is 46.2 Å². The molecule has 0 fully saturated rings. The Bertz CT molecular complexity index is 523. The molecule has 1 aromatic rings. The molecule has 0 heterocycles. The molecule has 4 heteroatoms. The van der Waals surface area contributed by atoms with Crippen LogP contribution >= 0.6 is 0 Å². The van der Waals surface area contributed by atoms with Crippen LogP contribution in [0, 0.1) is 5.92 Å². The van der Waals surface area contributed by atoms with E-state index in [1.807, 2.05) is 25.1 Å². The first-order chi connectivity index (χ1) is 9.90. The van der Waals surface area contributed by atoms with Gasteiger partial charge in [-0.25, -0.2) is 8.42 Å². The van der Waals surface area contributed by atoms with Crippen LogP contribution in [-0.4, -0.2) is 26.8 Å². The van der Waals surface area contributed by atoms with E-state index in [1.54, 1.807) is 6.07 Å². The van der Waals surface area contributed by atoms with E-state index in [9.17, 15) is 8.42 Å². The van der Waals surface area contributed by atoms with Gasteiger partial charge in [-0.2, -0.15) is 0 Å². The Morgan fingerprint density at radius 2 is 1.81 bits per heavy atom. The van der Waals surface area contributed by atoms with Gasteiger partial charge in [-0.15, -0.1) is 0 Å². The van der Waals surface area contributed by atoms with Crippen LogP contribution in [0.5, 0.6) is 0 Å². The van der Waals surface area contributed by atoms with E-state index >= 15 is 0 Å². The van der Waals surface area contributed by atoms with Gasteiger partial charge in [0.05, 0.1) is 10.6 Å². The Labute approximate surface area is 130 Å². The van der Waals surface area contributed by atoms with Crippen molar-refractivity contribution in [1.82, 2.24) is 5.32 Å². The fourth-order valence-electron chi connectivity index (χ4n) is 2.72. The fourth-order valence-corrected chi connectivity index (χ4v) is 4.31. The molecule has 0 aliphatic heterocycles. The quantitative estimate of drug-likeness (QED) is 0.760. The van der Waals surface area contributed by atoms with Crippen LogP contribution in [0.4, 0.5) is 0 Å². The second kappa shape index (κ2) is 8.54. The van der Waals surface area contributed by atoms with E-state index in [2.05, 4.69) is 26.1 Å². The summed E-state index contributed by atoms with van der Waals surface area (Å²) in [7, 11) is -3.16. The molecule has 0 saturated carbocycles. The number of nitrogens with one attached hydrogen (secondary N) is 1. The van der Waals surface area contributed by atoms with Crippen LogP contribution in [0.2, 0.25) is 0 Å². The Kier molecular flexibility index (Phi) is 7.40. The van der Waals surface area contributed by atoms with Crippen LogP contribution in [0.1, 0.15) is 46.1 Å². The zero-order valence-electron chi connectivity index (χ0n) is 13.7. The van der Waals surface area contributed by atoms with Crippen LogP contribution in [0.25, 0.3) is 0 Å². The second-order valence-corrected chi connectivity index (χ2v) is 8.09. The van der Waals surface area contributed by atoms with Crippen molar-refractivity contribution >= 4 is 9.84 Å². The summed E-state index contributed by atoms with van der Waals surface area (Å²) < 4.78 is 24.8. The van der Waals surface area contributed by atoms with Crippen molar-refractivity contribution in [3.8, 4) is 0 Å². The smallest absolute Gasteiger partial charge is 0.178 e. The van der Waals surface area contributed by atoms with Gasteiger partial charge in [0.15, 0.2) is 9.84 Å². The third kappa shape index (κ3) is 5.79. The Morgan fingerprint density at radius 3 is 2.38 bits per heavy atom. The lowest BCUT2D eigenvalue weighted by atomic mass is 9.97. The largest absolute Gasteiger partial charge is 0.314 e. The van der Waals surface area contributed by atoms with Crippen molar-refractivity contribution in [2.24, 2.45) is 5.92 Å².